The van der Waals surface area contributed by atoms with Gasteiger partial charge in [0.05, 0.1) is 5.92 Å². The topological polar surface area (TPSA) is 69.7 Å². The minimum atomic E-state index is -0.720. The Morgan fingerprint density at radius 2 is 1.69 bits per heavy atom. The molecule has 3 amide bonds. The van der Waals surface area contributed by atoms with E-state index >= 15 is 0 Å². The quantitative estimate of drug-likeness (QED) is 0.754. The summed E-state index contributed by atoms with van der Waals surface area (Å²) >= 11 is 0. The van der Waals surface area contributed by atoms with E-state index in [1.165, 1.54) is 9.80 Å². The molecule has 1 heterocycles. The molecule has 8 heteroatoms. The molecule has 1 N–H and O–H groups in total. The Labute approximate surface area is 167 Å². The van der Waals surface area contributed by atoms with Gasteiger partial charge in [-0.05, 0) is 29.8 Å². The number of rotatable bonds is 6. The molecule has 0 radical (unpaired) electrons. The van der Waals surface area contributed by atoms with Crippen molar-refractivity contribution >= 4 is 23.4 Å². The summed E-state index contributed by atoms with van der Waals surface area (Å²) in [7, 11) is 0. The molecule has 1 aliphatic rings. The van der Waals surface area contributed by atoms with Crippen molar-refractivity contribution in [2.45, 2.75) is 13.5 Å². The van der Waals surface area contributed by atoms with Gasteiger partial charge in [0.15, 0.2) is 0 Å². The van der Waals surface area contributed by atoms with Crippen molar-refractivity contribution in [1.82, 2.24) is 10.2 Å². The second kappa shape index (κ2) is 8.81. The van der Waals surface area contributed by atoms with Gasteiger partial charge in [-0.2, -0.15) is 0 Å². The van der Waals surface area contributed by atoms with E-state index in [-0.39, 0.29) is 19.0 Å². The number of benzene rings is 2. The van der Waals surface area contributed by atoms with Gasteiger partial charge in [0.2, 0.25) is 5.91 Å². The Kier molecular flexibility index (Phi) is 6.21. The van der Waals surface area contributed by atoms with Gasteiger partial charge in [-0.15, -0.1) is 0 Å². The normalized spacial score (nSPS) is 15.4. The lowest BCUT2D eigenvalue weighted by molar-refractivity contribution is -0.147. The Balaban J connectivity index is 1.55. The largest absolute Gasteiger partial charge is 0.352 e. The van der Waals surface area contributed by atoms with Crippen molar-refractivity contribution in [3.63, 3.8) is 0 Å². The number of carbonyl (C=O) groups excluding carboxylic acids is 3. The van der Waals surface area contributed by atoms with Crippen molar-refractivity contribution in [3.05, 3.63) is 65.7 Å². The third kappa shape index (κ3) is 4.96. The number of amides is 3. The molecular weight excluding hydrogens is 380 g/mol. The van der Waals surface area contributed by atoms with Crippen LogP contribution in [0.5, 0.6) is 0 Å². The molecule has 0 aliphatic carbocycles. The molecule has 1 fully saturated rings. The number of nitrogens with zero attached hydrogens (tertiary/aromatic N) is 2. The lowest BCUT2D eigenvalue weighted by atomic mass is 10.1. The molecule has 0 unspecified atom stereocenters. The number of hydrogen-bond donors (Lipinski definition) is 1. The number of carbonyl (C=O) groups is 3. The number of piperazine rings is 1. The van der Waals surface area contributed by atoms with E-state index in [2.05, 4.69) is 5.32 Å². The van der Waals surface area contributed by atoms with Crippen LogP contribution in [0.3, 0.4) is 0 Å². The molecule has 1 saturated heterocycles. The van der Waals surface area contributed by atoms with Crippen molar-refractivity contribution < 1.29 is 23.2 Å². The third-order valence-electron chi connectivity index (χ3n) is 4.71. The highest BCUT2D eigenvalue weighted by Gasteiger charge is 2.34. The average molecular weight is 401 g/mol. The number of nitrogens with one attached hydrogen (secondary N) is 1. The zero-order valence-corrected chi connectivity index (χ0v) is 15.9. The van der Waals surface area contributed by atoms with Crippen LogP contribution in [0, 0.1) is 17.6 Å². The van der Waals surface area contributed by atoms with E-state index in [4.69, 9.17) is 0 Å². The van der Waals surface area contributed by atoms with Crippen molar-refractivity contribution in [2.24, 2.45) is 5.92 Å². The van der Waals surface area contributed by atoms with Gasteiger partial charge in [0, 0.05) is 37.9 Å². The van der Waals surface area contributed by atoms with Crippen LogP contribution in [-0.4, -0.2) is 42.3 Å². The molecule has 0 aromatic heterocycles. The second-order valence-corrected chi connectivity index (χ2v) is 6.94. The van der Waals surface area contributed by atoms with Crippen LogP contribution in [0.2, 0.25) is 0 Å². The van der Waals surface area contributed by atoms with Crippen molar-refractivity contribution in [3.8, 4) is 0 Å². The van der Waals surface area contributed by atoms with Crippen LogP contribution in [0.25, 0.3) is 0 Å². The van der Waals surface area contributed by atoms with E-state index in [1.54, 1.807) is 31.2 Å². The fraction of sp³-hybridized carbons (Fsp3) is 0.286. The van der Waals surface area contributed by atoms with Crippen molar-refractivity contribution in [2.75, 3.05) is 24.5 Å². The summed E-state index contributed by atoms with van der Waals surface area (Å²) in [5.41, 5.74) is 0.949. The first-order valence-corrected chi connectivity index (χ1v) is 9.23. The van der Waals surface area contributed by atoms with Gasteiger partial charge in [0.1, 0.15) is 11.6 Å². The molecule has 2 aromatic carbocycles. The predicted octanol–water partition coefficient (Wildman–Crippen LogP) is 2.09. The van der Waals surface area contributed by atoms with E-state index in [1.807, 2.05) is 6.07 Å². The molecule has 2 aromatic rings. The Morgan fingerprint density at radius 1 is 1.03 bits per heavy atom. The first-order valence-electron chi connectivity index (χ1n) is 9.23. The SMILES string of the molecule is C[C@@H](CN1CCN(c2ccccc2)C(=O)C1=O)C(=O)NCc1cc(F)cc(F)c1. The highest BCUT2D eigenvalue weighted by Crippen LogP contribution is 2.18. The van der Waals surface area contributed by atoms with Crippen LogP contribution >= 0.6 is 0 Å². The van der Waals surface area contributed by atoms with Gasteiger partial charge in [-0.1, -0.05) is 25.1 Å². The number of anilines is 1. The van der Waals surface area contributed by atoms with E-state index in [9.17, 15) is 23.2 Å². The minimum Gasteiger partial charge on any atom is -0.352 e. The van der Waals surface area contributed by atoms with Gasteiger partial charge < -0.3 is 15.1 Å². The number of hydrogen-bond acceptors (Lipinski definition) is 3. The maximum atomic E-state index is 13.2. The molecule has 0 bridgehead atoms. The highest BCUT2D eigenvalue weighted by atomic mass is 19.1. The predicted molar refractivity (Wildman–Crippen MR) is 103 cm³/mol. The van der Waals surface area contributed by atoms with Gasteiger partial charge in [0.25, 0.3) is 0 Å². The first-order chi connectivity index (χ1) is 13.8. The van der Waals surface area contributed by atoms with Crippen LogP contribution in [0.4, 0.5) is 14.5 Å². The molecule has 152 valence electrons. The molecule has 1 aliphatic heterocycles. The molecule has 29 heavy (non-hydrogen) atoms. The monoisotopic (exact) mass is 401 g/mol. The smallest absolute Gasteiger partial charge is 0.316 e. The summed E-state index contributed by atoms with van der Waals surface area (Å²) in [4.78, 5) is 39.9. The van der Waals surface area contributed by atoms with E-state index < -0.39 is 29.4 Å². The zero-order valence-electron chi connectivity index (χ0n) is 15.9. The molecule has 3 rings (SSSR count). The Morgan fingerprint density at radius 3 is 2.34 bits per heavy atom. The molecule has 6 nitrogen and oxygen atoms in total. The van der Waals surface area contributed by atoms with E-state index in [0.29, 0.717) is 24.3 Å². The zero-order chi connectivity index (χ0) is 21.0. The summed E-state index contributed by atoms with van der Waals surface area (Å²) in [5.74, 6) is -3.70. The third-order valence-corrected chi connectivity index (χ3v) is 4.71. The van der Waals surface area contributed by atoms with Crippen LogP contribution < -0.4 is 10.2 Å². The number of halogens is 2. The first kappa shape index (κ1) is 20.4. The Hall–Kier alpha value is -3.29. The average Bonchev–Trinajstić information content (AvgIpc) is 2.69. The summed E-state index contributed by atoms with van der Waals surface area (Å²) < 4.78 is 26.4. The minimum absolute atomic E-state index is 0.0352. The number of para-hydroxylation sites is 1. The van der Waals surface area contributed by atoms with Crippen LogP contribution in [0.1, 0.15) is 12.5 Å². The molecular formula is C21H21F2N3O3. The standard InChI is InChI=1S/C21H21F2N3O3/c1-14(19(27)24-12-15-9-16(22)11-17(23)10-15)13-25-7-8-26(21(29)20(25)28)18-5-3-2-4-6-18/h2-6,9-11,14H,7-8,12-13H2,1H3,(H,24,27)/t14-/m0/s1. The second-order valence-electron chi connectivity index (χ2n) is 6.94. The maximum absolute atomic E-state index is 13.2. The van der Waals surface area contributed by atoms with E-state index in [0.717, 1.165) is 18.2 Å². The molecule has 0 saturated carbocycles. The van der Waals surface area contributed by atoms with Gasteiger partial charge >= 0.3 is 11.8 Å². The fourth-order valence-electron chi connectivity index (χ4n) is 3.19. The lowest BCUT2D eigenvalue weighted by Gasteiger charge is -2.34. The Bertz CT molecular complexity index is 900. The lowest BCUT2D eigenvalue weighted by Crippen LogP contribution is -2.56. The summed E-state index contributed by atoms with van der Waals surface area (Å²) in [6, 6.07) is 11.9. The van der Waals surface area contributed by atoms with Gasteiger partial charge in [-0.3, -0.25) is 14.4 Å². The fourth-order valence-corrected chi connectivity index (χ4v) is 3.19. The summed E-state index contributed by atoms with van der Waals surface area (Å²) in [5, 5.41) is 2.60. The molecule has 1 atom stereocenters. The maximum Gasteiger partial charge on any atom is 0.316 e. The van der Waals surface area contributed by atoms with Crippen LogP contribution in [-0.2, 0) is 20.9 Å². The van der Waals surface area contributed by atoms with Crippen LogP contribution in [0.15, 0.2) is 48.5 Å². The van der Waals surface area contributed by atoms with Gasteiger partial charge in [-0.25, -0.2) is 8.78 Å². The molecule has 0 spiro atoms. The van der Waals surface area contributed by atoms with Crippen molar-refractivity contribution in [1.29, 1.82) is 0 Å². The summed E-state index contributed by atoms with van der Waals surface area (Å²) in [6.07, 6.45) is 0. The summed E-state index contributed by atoms with van der Waals surface area (Å²) in [6.45, 7) is 2.32. The highest BCUT2D eigenvalue weighted by molar-refractivity contribution is 6.41.